The highest BCUT2D eigenvalue weighted by Gasteiger charge is 2.20. The van der Waals surface area contributed by atoms with Crippen LogP contribution in [0.25, 0.3) is 11.3 Å². The lowest BCUT2D eigenvalue weighted by molar-refractivity contribution is 0.313. The molecule has 1 aliphatic rings. The van der Waals surface area contributed by atoms with Crippen molar-refractivity contribution < 1.29 is 0 Å². The molecule has 0 atom stereocenters. The van der Waals surface area contributed by atoms with Crippen LogP contribution < -0.4 is 5.32 Å². The summed E-state index contributed by atoms with van der Waals surface area (Å²) in [7, 11) is 0. The van der Waals surface area contributed by atoms with Crippen molar-refractivity contribution in [1.82, 2.24) is 30.1 Å². The quantitative estimate of drug-likeness (QED) is 0.842. The second kappa shape index (κ2) is 4.29. The van der Waals surface area contributed by atoms with Gasteiger partial charge >= 0.3 is 0 Å². The molecule has 1 N–H and O–H groups in total. The van der Waals surface area contributed by atoms with Gasteiger partial charge in [0.25, 0.3) is 0 Å². The molecule has 1 saturated heterocycles. The minimum absolute atomic E-state index is 0.460. The summed E-state index contributed by atoms with van der Waals surface area (Å²) in [4.78, 5) is 0. The highest BCUT2D eigenvalue weighted by atomic mass is 15.5. The average molecular weight is 232 g/mol. The maximum Gasteiger partial charge on any atom is 0.116 e. The summed E-state index contributed by atoms with van der Waals surface area (Å²) in [5.74, 6) is 0. The lowest BCUT2D eigenvalue weighted by Gasteiger charge is -2.26. The van der Waals surface area contributed by atoms with Crippen molar-refractivity contribution in [3.63, 3.8) is 0 Å². The Bertz CT molecular complexity index is 496. The molecule has 6 heteroatoms. The van der Waals surface area contributed by atoms with Gasteiger partial charge in [-0.2, -0.15) is 5.10 Å². The maximum atomic E-state index is 4.30. The number of hydrogen-bond donors (Lipinski definition) is 1. The normalized spacial score (nSPS) is 16.1. The zero-order valence-electron chi connectivity index (χ0n) is 9.87. The zero-order chi connectivity index (χ0) is 11.7. The molecular weight excluding hydrogens is 216 g/mol. The third kappa shape index (κ3) is 1.95. The van der Waals surface area contributed by atoms with Gasteiger partial charge in [-0.3, -0.25) is 4.68 Å². The number of rotatable bonds is 4. The Morgan fingerprint density at radius 2 is 2.29 bits per heavy atom. The van der Waals surface area contributed by atoms with Gasteiger partial charge in [-0.15, -0.1) is 5.10 Å². The second-order valence-corrected chi connectivity index (χ2v) is 4.39. The van der Waals surface area contributed by atoms with E-state index in [1.54, 1.807) is 0 Å². The molecule has 90 valence electrons. The number of nitrogens with one attached hydrogen (secondary N) is 1. The van der Waals surface area contributed by atoms with Crippen LogP contribution in [0.15, 0.2) is 18.6 Å². The van der Waals surface area contributed by atoms with Gasteiger partial charge in [0.05, 0.1) is 18.4 Å². The fourth-order valence-corrected chi connectivity index (χ4v) is 1.90. The van der Waals surface area contributed by atoms with Crippen molar-refractivity contribution >= 4 is 0 Å². The minimum atomic E-state index is 0.460. The molecule has 0 bridgehead atoms. The molecular formula is C11H16N6. The van der Waals surface area contributed by atoms with Crippen LogP contribution in [0.5, 0.6) is 0 Å². The van der Waals surface area contributed by atoms with Crippen LogP contribution in [-0.2, 0) is 6.54 Å². The van der Waals surface area contributed by atoms with Crippen LogP contribution in [0.4, 0.5) is 0 Å². The number of aromatic nitrogens is 5. The number of hydrogen-bond acceptors (Lipinski definition) is 4. The summed E-state index contributed by atoms with van der Waals surface area (Å²) in [6.45, 7) is 5.05. The van der Waals surface area contributed by atoms with E-state index < -0.39 is 0 Å². The Labute approximate surface area is 99.6 Å². The number of nitrogens with zero attached hydrogens (tertiary/aromatic N) is 5. The first-order chi connectivity index (χ1) is 8.36. The predicted molar refractivity (Wildman–Crippen MR) is 63.4 cm³/mol. The van der Waals surface area contributed by atoms with Crippen LogP contribution in [0.1, 0.15) is 19.4 Å². The van der Waals surface area contributed by atoms with Gasteiger partial charge in [0, 0.05) is 31.4 Å². The van der Waals surface area contributed by atoms with Crippen molar-refractivity contribution in [3.05, 3.63) is 18.6 Å². The topological polar surface area (TPSA) is 60.6 Å². The standard InChI is InChI=1S/C11H16N6/c1-2-3-16-7-9(4-13-16)11-8-17(15-14-11)10-5-12-6-10/h4,7-8,10,12H,2-3,5-6H2,1H3. The molecule has 1 aliphatic heterocycles. The molecule has 3 rings (SSSR count). The van der Waals surface area contributed by atoms with Crippen molar-refractivity contribution in [2.45, 2.75) is 25.9 Å². The first-order valence-electron chi connectivity index (χ1n) is 6.02. The second-order valence-electron chi connectivity index (χ2n) is 4.39. The van der Waals surface area contributed by atoms with Gasteiger partial charge in [0.1, 0.15) is 5.69 Å². The van der Waals surface area contributed by atoms with Gasteiger partial charge in [-0.1, -0.05) is 12.1 Å². The predicted octanol–water partition coefficient (Wildman–Crippen LogP) is 0.696. The van der Waals surface area contributed by atoms with Gasteiger partial charge in [0.15, 0.2) is 0 Å². The maximum absolute atomic E-state index is 4.30. The molecule has 6 nitrogen and oxygen atoms in total. The number of aryl methyl sites for hydroxylation is 1. The van der Waals surface area contributed by atoms with Crippen LogP contribution in [0.3, 0.4) is 0 Å². The highest BCUT2D eigenvalue weighted by Crippen LogP contribution is 2.18. The fraction of sp³-hybridized carbons (Fsp3) is 0.545. The zero-order valence-corrected chi connectivity index (χ0v) is 9.87. The van der Waals surface area contributed by atoms with Crippen LogP contribution >= 0.6 is 0 Å². The fourth-order valence-electron chi connectivity index (χ4n) is 1.90. The Balaban J connectivity index is 1.79. The molecule has 3 heterocycles. The Hall–Kier alpha value is -1.69. The van der Waals surface area contributed by atoms with Crippen molar-refractivity contribution in [1.29, 1.82) is 0 Å². The molecule has 0 radical (unpaired) electrons. The van der Waals surface area contributed by atoms with Gasteiger partial charge < -0.3 is 5.32 Å². The first-order valence-corrected chi connectivity index (χ1v) is 6.02. The summed E-state index contributed by atoms with van der Waals surface area (Å²) in [5, 5.41) is 15.9. The van der Waals surface area contributed by atoms with Crippen molar-refractivity contribution in [2.75, 3.05) is 13.1 Å². The Morgan fingerprint density at radius 3 is 3.00 bits per heavy atom. The van der Waals surface area contributed by atoms with Crippen molar-refractivity contribution in [3.8, 4) is 11.3 Å². The van der Waals surface area contributed by atoms with Crippen molar-refractivity contribution in [2.24, 2.45) is 0 Å². The smallest absolute Gasteiger partial charge is 0.116 e. The van der Waals surface area contributed by atoms with E-state index in [1.807, 2.05) is 28.0 Å². The molecule has 0 spiro atoms. The summed E-state index contributed by atoms with van der Waals surface area (Å²) in [5.41, 5.74) is 1.94. The summed E-state index contributed by atoms with van der Waals surface area (Å²) < 4.78 is 3.88. The van der Waals surface area contributed by atoms with Gasteiger partial charge in [-0.05, 0) is 6.42 Å². The Kier molecular flexibility index (Phi) is 2.64. The van der Waals surface area contributed by atoms with Gasteiger partial charge in [-0.25, -0.2) is 4.68 Å². The molecule has 17 heavy (non-hydrogen) atoms. The SMILES string of the molecule is CCCn1cc(-c2cn(C3CNC3)nn2)cn1. The molecule has 2 aromatic heterocycles. The van der Waals surface area contributed by atoms with Crippen LogP contribution in [0.2, 0.25) is 0 Å². The van der Waals surface area contributed by atoms with E-state index in [0.717, 1.165) is 37.3 Å². The van der Waals surface area contributed by atoms with E-state index in [9.17, 15) is 0 Å². The van der Waals surface area contributed by atoms with E-state index in [0.29, 0.717) is 6.04 Å². The average Bonchev–Trinajstić information content (AvgIpc) is 2.84. The van der Waals surface area contributed by atoms with E-state index in [2.05, 4.69) is 27.7 Å². The van der Waals surface area contributed by atoms with Crippen LogP contribution in [-0.4, -0.2) is 37.9 Å². The van der Waals surface area contributed by atoms with E-state index in [4.69, 9.17) is 0 Å². The summed E-state index contributed by atoms with van der Waals surface area (Å²) in [6.07, 6.45) is 6.96. The molecule has 1 fully saturated rings. The third-order valence-electron chi connectivity index (χ3n) is 3.03. The van der Waals surface area contributed by atoms with Crippen LogP contribution in [0, 0.1) is 0 Å². The molecule has 0 saturated carbocycles. The largest absolute Gasteiger partial charge is 0.312 e. The lowest BCUT2D eigenvalue weighted by atomic mass is 10.2. The highest BCUT2D eigenvalue weighted by molar-refractivity contribution is 5.55. The molecule has 0 aromatic carbocycles. The van der Waals surface area contributed by atoms with E-state index in [-0.39, 0.29) is 0 Å². The third-order valence-corrected chi connectivity index (χ3v) is 3.03. The molecule has 2 aromatic rings. The monoisotopic (exact) mass is 232 g/mol. The summed E-state index contributed by atoms with van der Waals surface area (Å²) >= 11 is 0. The lowest BCUT2D eigenvalue weighted by Crippen LogP contribution is -2.43. The molecule has 0 unspecified atom stereocenters. The van der Waals surface area contributed by atoms with E-state index >= 15 is 0 Å². The molecule has 0 amide bonds. The molecule has 0 aliphatic carbocycles. The minimum Gasteiger partial charge on any atom is -0.312 e. The summed E-state index contributed by atoms with van der Waals surface area (Å²) in [6, 6.07) is 0.460. The Morgan fingerprint density at radius 1 is 1.41 bits per heavy atom. The first kappa shape index (κ1) is 10.5. The van der Waals surface area contributed by atoms with E-state index in [1.165, 1.54) is 0 Å². The van der Waals surface area contributed by atoms with Gasteiger partial charge in [0.2, 0.25) is 0 Å².